The summed E-state index contributed by atoms with van der Waals surface area (Å²) in [6.45, 7) is 6.23. The van der Waals surface area contributed by atoms with Crippen LogP contribution < -0.4 is 5.73 Å². The van der Waals surface area contributed by atoms with Gasteiger partial charge in [0.15, 0.2) is 0 Å². The lowest BCUT2D eigenvalue weighted by molar-refractivity contribution is 0.540. The van der Waals surface area contributed by atoms with E-state index >= 15 is 0 Å². The second-order valence-electron chi connectivity index (χ2n) is 5.24. The summed E-state index contributed by atoms with van der Waals surface area (Å²) in [4.78, 5) is 10.0. The zero-order chi connectivity index (χ0) is 14.0. The molecule has 0 aliphatic rings. The van der Waals surface area contributed by atoms with Gasteiger partial charge >= 0.3 is 0 Å². The third kappa shape index (κ3) is 3.70. The molecule has 0 unspecified atom stereocenters. The SMILES string of the molecule is CC(C)(C)c1nc(N)cc(Sc2ccccc2Br)n1. The maximum absolute atomic E-state index is 5.87. The smallest absolute Gasteiger partial charge is 0.137 e. The lowest BCUT2D eigenvalue weighted by Gasteiger charge is -2.17. The standard InChI is InChI=1S/C14H16BrN3S/c1-14(2,3)13-17-11(16)8-12(18-13)19-10-7-5-4-6-9(10)15/h4-8H,1-3H3,(H2,16,17,18). The Morgan fingerprint density at radius 3 is 2.47 bits per heavy atom. The predicted octanol–water partition coefficient (Wildman–Crippen LogP) is 4.27. The van der Waals surface area contributed by atoms with Crippen LogP contribution in [0.25, 0.3) is 0 Å². The third-order valence-corrected chi connectivity index (χ3v) is 4.39. The lowest BCUT2D eigenvalue weighted by Crippen LogP contribution is -2.17. The summed E-state index contributed by atoms with van der Waals surface area (Å²) in [6, 6.07) is 9.85. The Labute approximate surface area is 126 Å². The minimum absolute atomic E-state index is 0.112. The predicted molar refractivity (Wildman–Crippen MR) is 83.4 cm³/mol. The van der Waals surface area contributed by atoms with Gasteiger partial charge in [-0.25, -0.2) is 9.97 Å². The van der Waals surface area contributed by atoms with Crippen LogP contribution in [0, 0.1) is 0 Å². The molecule has 2 N–H and O–H groups in total. The molecular weight excluding hydrogens is 322 g/mol. The number of hydrogen-bond acceptors (Lipinski definition) is 4. The van der Waals surface area contributed by atoms with Crippen molar-refractivity contribution >= 4 is 33.5 Å². The average molecular weight is 338 g/mol. The van der Waals surface area contributed by atoms with Gasteiger partial charge < -0.3 is 5.73 Å². The summed E-state index contributed by atoms with van der Waals surface area (Å²) in [5.41, 5.74) is 5.76. The molecule has 2 rings (SSSR count). The van der Waals surface area contributed by atoms with Gasteiger partial charge in [-0.2, -0.15) is 0 Å². The van der Waals surface area contributed by atoms with Crippen molar-refractivity contribution in [2.75, 3.05) is 5.73 Å². The highest BCUT2D eigenvalue weighted by molar-refractivity contribution is 9.10. The van der Waals surface area contributed by atoms with Gasteiger partial charge in [-0.05, 0) is 28.1 Å². The Morgan fingerprint density at radius 1 is 1.16 bits per heavy atom. The van der Waals surface area contributed by atoms with Crippen LogP contribution >= 0.6 is 27.7 Å². The maximum Gasteiger partial charge on any atom is 0.137 e. The Kier molecular flexibility index (Phi) is 4.16. The molecule has 1 aromatic heterocycles. The molecule has 0 atom stereocenters. The molecule has 0 aliphatic heterocycles. The summed E-state index contributed by atoms with van der Waals surface area (Å²) in [5, 5.41) is 0.865. The second-order valence-corrected chi connectivity index (χ2v) is 7.15. The highest BCUT2D eigenvalue weighted by Gasteiger charge is 2.19. The molecule has 3 nitrogen and oxygen atoms in total. The molecule has 0 radical (unpaired) electrons. The topological polar surface area (TPSA) is 51.8 Å². The summed E-state index contributed by atoms with van der Waals surface area (Å²) in [6.07, 6.45) is 0. The maximum atomic E-state index is 5.87. The largest absolute Gasteiger partial charge is 0.384 e. The molecule has 19 heavy (non-hydrogen) atoms. The van der Waals surface area contributed by atoms with Crippen molar-refractivity contribution in [2.24, 2.45) is 0 Å². The Hall–Kier alpha value is -1.07. The van der Waals surface area contributed by atoms with E-state index in [4.69, 9.17) is 5.73 Å². The monoisotopic (exact) mass is 337 g/mol. The van der Waals surface area contributed by atoms with Crippen LogP contribution in [-0.2, 0) is 5.41 Å². The highest BCUT2D eigenvalue weighted by atomic mass is 79.9. The van der Waals surface area contributed by atoms with Gasteiger partial charge in [-0.15, -0.1) is 0 Å². The van der Waals surface area contributed by atoms with Crippen LogP contribution in [0.4, 0.5) is 5.82 Å². The van der Waals surface area contributed by atoms with Crippen LogP contribution in [0.15, 0.2) is 44.7 Å². The van der Waals surface area contributed by atoms with Gasteiger partial charge in [-0.3, -0.25) is 0 Å². The van der Waals surface area contributed by atoms with E-state index in [1.807, 2.05) is 24.3 Å². The molecule has 0 saturated heterocycles. The number of halogens is 1. The number of nitrogens with two attached hydrogens (primary N) is 1. The van der Waals surface area contributed by atoms with Crippen LogP contribution in [0.1, 0.15) is 26.6 Å². The Bertz CT molecular complexity index is 593. The third-order valence-electron chi connectivity index (χ3n) is 2.44. The van der Waals surface area contributed by atoms with Crippen LogP contribution in [0.3, 0.4) is 0 Å². The average Bonchev–Trinajstić information content (AvgIpc) is 2.30. The van der Waals surface area contributed by atoms with E-state index in [1.165, 1.54) is 0 Å². The van der Waals surface area contributed by atoms with Gasteiger partial charge in [0, 0.05) is 20.8 Å². The van der Waals surface area contributed by atoms with Crippen LogP contribution in [-0.4, -0.2) is 9.97 Å². The summed E-state index contributed by atoms with van der Waals surface area (Å²) in [7, 11) is 0. The first kappa shape index (κ1) is 14.3. The molecule has 0 bridgehead atoms. The summed E-state index contributed by atoms with van der Waals surface area (Å²) < 4.78 is 1.05. The van der Waals surface area contributed by atoms with Gasteiger partial charge in [0.25, 0.3) is 0 Å². The highest BCUT2D eigenvalue weighted by Crippen LogP contribution is 2.33. The molecule has 0 fully saturated rings. The van der Waals surface area contributed by atoms with E-state index in [0.29, 0.717) is 5.82 Å². The molecule has 0 amide bonds. The number of hydrogen-bond donors (Lipinski definition) is 1. The quantitative estimate of drug-likeness (QED) is 0.831. The molecule has 1 aromatic carbocycles. The van der Waals surface area contributed by atoms with E-state index in [-0.39, 0.29) is 5.41 Å². The first-order valence-electron chi connectivity index (χ1n) is 5.94. The van der Waals surface area contributed by atoms with Gasteiger partial charge in [0.05, 0.1) is 0 Å². The molecule has 100 valence electrons. The van der Waals surface area contributed by atoms with Crippen molar-refractivity contribution in [3.63, 3.8) is 0 Å². The summed E-state index contributed by atoms with van der Waals surface area (Å²) >= 11 is 5.12. The minimum Gasteiger partial charge on any atom is -0.384 e. The number of aromatic nitrogens is 2. The van der Waals surface area contributed by atoms with Crippen molar-refractivity contribution < 1.29 is 0 Å². The van der Waals surface area contributed by atoms with E-state index in [1.54, 1.807) is 17.8 Å². The second kappa shape index (κ2) is 5.51. The Balaban J connectivity index is 2.36. The zero-order valence-electron chi connectivity index (χ0n) is 11.1. The Morgan fingerprint density at radius 2 is 1.84 bits per heavy atom. The zero-order valence-corrected chi connectivity index (χ0v) is 13.5. The van der Waals surface area contributed by atoms with Crippen molar-refractivity contribution in [3.8, 4) is 0 Å². The van der Waals surface area contributed by atoms with Crippen molar-refractivity contribution in [1.82, 2.24) is 9.97 Å². The number of nitrogen functional groups attached to an aromatic ring is 1. The van der Waals surface area contributed by atoms with Gasteiger partial charge in [0.1, 0.15) is 16.7 Å². The van der Waals surface area contributed by atoms with E-state index in [0.717, 1.165) is 20.2 Å². The van der Waals surface area contributed by atoms with E-state index in [9.17, 15) is 0 Å². The van der Waals surface area contributed by atoms with Gasteiger partial charge in [-0.1, -0.05) is 44.7 Å². The van der Waals surface area contributed by atoms with E-state index in [2.05, 4.69) is 46.7 Å². The molecule has 0 aliphatic carbocycles. The normalized spacial score (nSPS) is 11.6. The van der Waals surface area contributed by atoms with Crippen molar-refractivity contribution in [2.45, 2.75) is 36.1 Å². The molecule has 1 heterocycles. The van der Waals surface area contributed by atoms with Crippen molar-refractivity contribution in [1.29, 1.82) is 0 Å². The number of rotatable bonds is 2. The number of nitrogens with zero attached hydrogens (tertiary/aromatic N) is 2. The molecule has 0 spiro atoms. The fourth-order valence-electron chi connectivity index (χ4n) is 1.47. The van der Waals surface area contributed by atoms with E-state index < -0.39 is 0 Å². The molecule has 5 heteroatoms. The number of anilines is 1. The van der Waals surface area contributed by atoms with Gasteiger partial charge in [0.2, 0.25) is 0 Å². The van der Waals surface area contributed by atoms with Crippen molar-refractivity contribution in [3.05, 3.63) is 40.6 Å². The number of benzene rings is 1. The fourth-order valence-corrected chi connectivity index (χ4v) is 2.85. The van der Waals surface area contributed by atoms with Crippen LogP contribution in [0.5, 0.6) is 0 Å². The van der Waals surface area contributed by atoms with Crippen LogP contribution in [0.2, 0.25) is 0 Å². The fraction of sp³-hybridized carbons (Fsp3) is 0.286. The summed E-state index contributed by atoms with van der Waals surface area (Å²) in [5.74, 6) is 1.27. The first-order valence-corrected chi connectivity index (χ1v) is 7.54. The molecular formula is C14H16BrN3S. The molecule has 0 saturated carbocycles. The first-order chi connectivity index (χ1) is 8.86. The molecule has 2 aromatic rings. The lowest BCUT2D eigenvalue weighted by atomic mass is 9.96. The minimum atomic E-state index is -0.112.